The van der Waals surface area contributed by atoms with Crippen molar-refractivity contribution in [2.75, 3.05) is 6.61 Å². The van der Waals surface area contributed by atoms with Crippen LogP contribution in [0, 0.1) is 0 Å². The molecule has 0 aromatic heterocycles. The summed E-state index contributed by atoms with van der Waals surface area (Å²) < 4.78 is 4.82. The smallest absolute Gasteiger partial charge is 0.338 e. The number of benzene rings is 1. The van der Waals surface area contributed by atoms with Crippen LogP contribution in [0.4, 0.5) is 0 Å². The summed E-state index contributed by atoms with van der Waals surface area (Å²) in [5.41, 5.74) is 0.573. The Morgan fingerprint density at radius 1 is 1.58 bits per heavy atom. The molecular weight excluding hydrogens is 168 g/mol. The third kappa shape index (κ3) is 2.20. The molecule has 0 N–H and O–H groups in total. The predicted molar refractivity (Wildman–Crippen MR) is 47.8 cm³/mol. The van der Waals surface area contributed by atoms with Crippen LogP contribution in [0.25, 0.3) is 0 Å². The summed E-state index contributed by atoms with van der Waals surface area (Å²) in [6.07, 6.45) is 0. The van der Waals surface area contributed by atoms with Crippen molar-refractivity contribution in [2.24, 2.45) is 0 Å². The Balaban J connectivity index is 2.81. The van der Waals surface area contributed by atoms with Crippen molar-refractivity contribution in [1.82, 2.24) is 0 Å². The van der Waals surface area contributed by atoms with E-state index in [0.717, 1.165) is 5.19 Å². The third-order valence-corrected chi connectivity index (χ3v) is 1.68. The van der Waals surface area contributed by atoms with E-state index in [1.165, 1.54) is 0 Å². The first-order chi connectivity index (χ1) is 5.74. The van der Waals surface area contributed by atoms with Gasteiger partial charge in [-0.2, -0.15) is 0 Å². The van der Waals surface area contributed by atoms with Crippen molar-refractivity contribution >= 4 is 21.4 Å². The van der Waals surface area contributed by atoms with Gasteiger partial charge in [0.05, 0.1) is 22.4 Å². The van der Waals surface area contributed by atoms with Crippen LogP contribution in [-0.2, 0) is 4.74 Å². The maximum atomic E-state index is 11.2. The number of ether oxygens (including phenoxy) is 1. The molecule has 0 aliphatic heterocycles. The predicted octanol–water partition coefficient (Wildman–Crippen LogP) is 0.657. The minimum absolute atomic E-state index is 0.280. The van der Waals surface area contributed by atoms with Crippen LogP contribution >= 0.6 is 0 Å². The van der Waals surface area contributed by atoms with Gasteiger partial charge in [0.2, 0.25) is 0 Å². The molecule has 1 rings (SSSR count). The number of hydrogen-bond donors (Lipinski definition) is 0. The molecule has 0 saturated heterocycles. The number of esters is 1. The fourth-order valence-electron chi connectivity index (χ4n) is 0.861. The highest BCUT2D eigenvalue weighted by atomic mass is 28.1. The van der Waals surface area contributed by atoms with Gasteiger partial charge in [0.1, 0.15) is 0 Å². The lowest BCUT2D eigenvalue weighted by Crippen LogP contribution is -2.09. The summed E-state index contributed by atoms with van der Waals surface area (Å²) in [6.45, 7) is 2.19. The Labute approximate surface area is 75.0 Å². The summed E-state index contributed by atoms with van der Waals surface area (Å²) in [5, 5.41) is 0.876. The lowest BCUT2D eigenvalue weighted by Gasteiger charge is -2.01. The molecule has 1 aromatic carbocycles. The highest BCUT2D eigenvalue weighted by molar-refractivity contribution is 6.32. The second-order valence-electron chi connectivity index (χ2n) is 2.30. The van der Waals surface area contributed by atoms with Crippen molar-refractivity contribution < 1.29 is 9.53 Å². The fourth-order valence-corrected chi connectivity index (χ4v) is 1.11. The highest BCUT2D eigenvalue weighted by Crippen LogP contribution is 1.98. The van der Waals surface area contributed by atoms with E-state index in [4.69, 9.17) is 4.74 Å². The molecule has 0 spiro atoms. The molecule has 0 amide bonds. The standard InChI is InChI=1S/C9H9O2Si/c1-2-11-9(10)7-4-3-5-8(12)6-7/h3-6H,2H2,1H3. The molecule has 0 bridgehead atoms. The molecule has 3 heteroatoms. The van der Waals surface area contributed by atoms with Crippen molar-refractivity contribution in [3.8, 4) is 0 Å². The van der Waals surface area contributed by atoms with Gasteiger partial charge in [-0.1, -0.05) is 17.3 Å². The van der Waals surface area contributed by atoms with E-state index >= 15 is 0 Å². The average Bonchev–Trinajstić information content (AvgIpc) is 2.05. The summed E-state index contributed by atoms with van der Waals surface area (Å²) in [6, 6.07) is 7.12. The van der Waals surface area contributed by atoms with Crippen LogP contribution in [0.2, 0.25) is 0 Å². The lowest BCUT2D eigenvalue weighted by molar-refractivity contribution is 0.0526. The molecular formula is C9H9O2Si. The number of hydrogen-bond acceptors (Lipinski definition) is 2. The van der Waals surface area contributed by atoms with Crippen molar-refractivity contribution in [3.63, 3.8) is 0 Å². The topological polar surface area (TPSA) is 26.3 Å². The molecule has 0 saturated carbocycles. The minimum atomic E-state index is -0.280. The number of rotatable bonds is 2. The van der Waals surface area contributed by atoms with Gasteiger partial charge in [-0.25, -0.2) is 4.79 Å². The largest absolute Gasteiger partial charge is 0.462 e. The first-order valence-corrected chi connectivity index (χ1v) is 4.23. The molecule has 1 aromatic rings. The Hall–Kier alpha value is -1.09. The number of carbonyl (C=O) groups is 1. The normalized spacial score (nSPS) is 9.50. The maximum absolute atomic E-state index is 11.2. The maximum Gasteiger partial charge on any atom is 0.338 e. The van der Waals surface area contributed by atoms with E-state index in [1.54, 1.807) is 25.1 Å². The van der Waals surface area contributed by atoms with Crippen LogP contribution in [0.5, 0.6) is 0 Å². The molecule has 2 nitrogen and oxygen atoms in total. The van der Waals surface area contributed by atoms with Crippen LogP contribution in [-0.4, -0.2) is 22.8 Å². The van der Waals surface area contributed by atoms with Crippen molar-refractivity contribution in [3.05, 3.63) is 29.8 Å². The van der Waals surface area contributed by atoms with E-state index in [9.17, 15) is 4.79 Å². The number of carbonyl (C=O) groups excluding carboxylic acids is 1. The Morgan fingerprint density at radius 3 is 2.92 bits per heavy atom. The second kappa shape index (κ2) is 4.06. The second-order valence-corrected chi connectivity index (χ2v) is 2.88. The summed E-state index contributed by atoms with van der Waals surface area (Å²) in [5.74, 6) is -0.280. The SMILES string of the molecule is CCOC(=O)c1cccc([Si])c1. The van der Waals surface area contributed by atoms with Crippen LogP contribution in [0.3, 0.4) is 0 Å². The molecule has 0 aliphatic carbocycles. The first-order valence-electron chi connectivity index (χ1n) is 3.73. The Kier molecular flexibility index (Phi) is 3.05. The molecule has 0 heterocycles. The van der Waals surface area contributed by atoms with Gasteiger partial charge in [-0.15, -0.1) is 0 Å². The molecule has 0 atom stereocenters. The molecule has 0 aliphatic rings. The van der Waals surface area contributed by atoms with Gasteiger partial charge < -0.3 is 4.74 Å². The van der Waals surface area contributed by atoms with Crippen LogP contribution < -0.4 is 5.19 Å². The fraction of sp³-hybridized carbons (Fsp3) is 0.222. The molecule has 0 unspecified atom stereocenters. The van der Waals surface area contributed by atoms with Crippen molar-refractivity contribution in [1.29, 1.82) is 0 Å². The molecule has 0 fully saturated rings. The van der Waals surface area contributed by atoms with Gasteiger partial charge in [0.25, 0.3) is 0 Å². The van der Waals surface area contributed by atoms with Gasteiger partial charge in [0.15, 0.2) is 0 Å². The van der Waals surface area contributed by atoms with Gasteiger partial charge >= 0.3 is 5.97 Å². The van der Waals surface area contributed by atoms with Gasteiger partial charge in [-0.3, -0.25) is 0 Å². The van der Waals surface area contributed by atoms with Crippen molar-refractivity contribution in [2.45, 2.75) is 6.92 Å². The zero-order valence-electron chi connectivity index (χ0n) is 6.83. The zero-order chi connectivity index (χ0) is 8.97. The molecule has 61 valence electrons. The Morgan fingerprint density at radius 2 is 2.33 bits per heavy atom. The van der Waals surface area contributed by atoms with E-state index in [2.05, 4.69) is 10.2 Å². The van der Waals surface area contributed by atoms with Crippen LogP contribution in [0.15, 0.2) is 24.3 Å². The Bertz CT molecular complexity index is 284. The third-order valence-electron chi connectivity index (χ3n) is 1.37. The minimum Gasteiger partial charge on any atom is -0.462 e. The first kappa shape index (κ1) is 9.00. The summed E-state index contributed by atoms with van der Waals surface area (Å²) >= 11 is 0. The lowest BCUT2D eigenvalue weighted by atomic mass is 10.2. The molecule has 3 radical (unpaired) electrons. The monoisotopic (exact) mass is 177 g/mol. The quantitative estimate of drug-likeness (QED) is 0.490. The summed E-state index contributed by atoms with van der Waals surface area (Å²) in [7, 11) is 3.32. The van der Waals surface area contributed by atoms with E-state index in [1.807, 2.05) is 6.07 Å². The van der Waals surface area contributed by atoms with E-state index in [-0.39, 0.29) is 5.97 Å². The zero-order valence-corrected chi connectivity index (χ0v) is 7.83. The van der Waals surface area contributed by atoms with Crippen LogP contribution in [0.1, 0.15) is 17.3 Å². The van der Waals surface area contributed by atoms with Gasteiger partial charge in [-0.05, 0) is 19.1 Å². The van der Waals surface area contributed by atoms with E-state index in [0.29, 0.717) is 12.2 Å². The molecule has 12 heavy (non-hydrogen) atoms. The average molecular weight is 177 g/mol. The highest BCUT2D eigenvalue weighted by Gasteiger charge is 2.04. The van der Waals surface area contributed by atoms with E-state index < -0.39 is 0 Å². The summed E-state index contributed by atoms with van der Waals surface area (Å²) in [4.78, 5) is 11.2. The van der Waals surface area contributed by atoms with Gasteiger partial charge in [0, 0.05) is 0 Å².